The van der Waals surface area contributed by atoms with Gasteiger partial charge in [-0.15, -0.1) is 0 Å². The fraction of sp³-hybridized carbons (Fsp3) is 0.458. The molecule has 1 aromatic carbocycles. The summed E-state index contributed by atoms with van der Waals surface area (Å²) in [5.41, 5.74) is 2.31. The number of benzene rings is 1. The lowest BCUT2D eigenvalue weighted by molar-refractivity contribution is 0.221. The first kappa shape index (κ1) is 21.3. The average molecular weight is 445 g/mol. The van der Waals surface area contributed by atoms with Crippen LogP contribution in [0.3, 0.4) is 0 Å². The average Bonchev–Trinajstić information content (AvgIpc) is 2.86. The molecule has 170 valence electrons. The number of anilines is 3. The van der Waals surface area contributed by atoms with Crippen LogP contribution in [-0.4, -0.2) is 51.2 Å². The summed E-state index contributed by atoms with van der Waals surface area (Å²) in [5.74, 6) is 1.09. The van der Waals surface area contributed by atoms with Crippen molar-refractivity contribution in [3.8, 4) is 6.07 Å². The Morgan fingerprint density at radius 1 is 1.06 bits per heavy atom. The second-order valence-electron chi connectivity index (χ2n) is 8.88. The summed E-state index contributed by atoms with van der Waals surface area (Å²) in [6.07, 6.45) is 7.01. The SMILES string of the molecule is N#CC1CCN(c2nc(Nc3ccc(CN4CCCCC4)cc3)c3c(=O)[nH]ncc3n2)CC1. The molecule has 0 bridgehead atoms. The Morgan fingerprint density at radius 3 is 2.55 bits per heavy atom. The van der Waals surface area contributed by atoms with Gasteiger partial charge in [-0.3, -0.25) is 9.69 Å². The van der Waals surface area contributed by atoms with E-state index < -0.39 is 0 Å². The minimum Gasteiger partial charge on any atom is -0.341 e. The van der Waals surface area contributed by atoms with Gasteiger partial charge in [0.2, 0.25) is 5.95 Å². The molecule has 2 aromatic heterocycles. The minimum absolute atomic E-state index is 0.0762. The minimum atomic E-state index is -0.327. The van der Waals surface area contributed by atoms with E-state index in [0.29, 0.717) is 35.8 Å². The number of nitrogens with one attached hydrogen (secondary N) is 2. The van der Waals surface area contributed by atoms with Crippen LogP contribution in [0.4, 0.5) is 17.5 Å². The van der Waals surface area contributed by atoms with Crippen molar-refractivity contribution in [1.29, 1.82) is 5.26 Å². The molecule has 0 spiro atoms. The molecular formula is C24H28N8O. The van der Waals surface area contributed by atoms with Crippen LogP contribution >= 0.6 is 0 Å². The van der Waals surface area contributed by atoms with Crippen LogP contribution in [-0.2, 0) is 6.54 Å². The molecule has 33 heavy (non-hydrogen) atoms. The third-order valence-electron chi connectivity index (χ3n) is 6.54. The van der Waals surface area contributed by atoms with Crippen LogP contribution in [0.1, 0.15) is 37.7 Å². The number of rotatable bonds is 5. The summed E-state index contributed by atoms with van der Waals surface area (Å²) in [5, 5.41) is 19.3. The lowest BCUT2D eigenvalue weighted by Gasteiger charge is -2.29. The number of likely N-dealkylation sites (tertiary alicyclic amines) is 1. The van der Waals surface area contributed by atoms with Crippen molar-refractivity contribution in [3.63, 3.8) is 0 Å². The summed E-state index contributed by atoms with van der Waals surface area (Å²) in [4.78, 5) is 26.4. The van der Waals surface area contributed by atoms with Gasteiger partial charge in [0.1, 0.15) is 16.7 Å². The highest BCUT2D eigenvalue weighted by Gasteiger charge is 2.22. The second kappa shape index (κ2) is 9.55. The summed E-state index contributed by atoms with van der Waals surface area (Å²) in [6, 6.07) is 10.7. The molecule has 9 heteroatoms. The smallest absolute Gasteiger partial charge is 0.277 e. The molecule has 5 rings (SSSR count). The predicted octanol–water partition coefficient (Wildman–Crippen LogP) is 3.18. The number of aromatic nitrogens is 4. The van der Waals surface area contributed by atoms with Gasteiger partial charge in [-0.2, -0.15) is 15.3 Å². The number of nitrogens with zero attached hydrogens (tertiary/aromatic N) is 6. The van der Waals surface area contributed by atoms with E-state index in [9.17, 15) is 10.1 Å². The van der Waals surface area contributed by atoms with E-state index in [1.54, 1.807) is 6.20 Å². The zero-order chi connectivity index (χ0) is 22.6. The van der Waals surface area contributed by atoms with Crippen molar-refractivity contribution in [2.75, 3.05) is 36.4 Å². The largest absolute Gasteiger partial charge is 0.341 e. The van der Waals surface area contributed by atoms with Crippen molar-refractivity contribution < 1.29 is 0 Å². The highest BCUT2D eigenvalue weighted by molar-refractivity contribution is 5.90. The molecular weight excluding hydrogens is 416 g/mol. The number of aromatic amines is 1. The van der Waals surface area contributed by atoms with Crippen LogP contribution in [0.15, 0.2) is 35.3 Å². The first-order valence-electron chi connectivity index (χ1n) is 11.7. The van der Waals surface area contributed by atoms with Crippen LogP contribution in [0.2, 0.25) is 0 Å². The van der Waals surface area contributed by atoms with Gasteiger partial charge >= 0.3 is 0 Å². The van der Waals surface area contributed by atoms with Gasteiger partial charge in [-0.25, -0.2) is 10.1 Å². The van der Waals surface area contributed by atoms with E-state index in [-0.39, 0.29) is 11.5 Å². The molecule has 3 aromatic rings. The lowest BCUT2D eigenvalue weighted by atomic mass is 9.99. The molecule has 9 nitrogen and oxygen atoms in total. The van der Waals surface area contributed by atoms with E-state index in [2.05, 4.69) is 48.5 Å². The third kappa shape index (κ3) is 4.81. The lowest BCUT2D eigenvalue weighted by Crippen LogP contribution is -2.34. The Morgan fingerprint density at radius 2 is 1.82 bits per heavy atom. The first-order valence-corrected chi connectivity index (χ1v) is 11.7. The van der Waals surface area contributed by atoms with E-state index in [1.165, 1.54) is 24.8 Å². The monoisotopic (exact) mass is 444 g/mol. The second-order valence-corrected chi connectivity index (χ2v) is 8.88. The fourth-order valence-electron chi connectivity index (χ4n) is 4.64. The molecule has 0 saturated carbocycles. The highest BCUT2D eigenvalue weighted by Crippen LogP contribution is 2.26. The van der Waals surface area contributed by atoms with Crippen LogP contribution in [0, 0.1) is 17.2 Å². The molecule has 2 saturated heterocycles. The summed E-state index contributed by atoms with van der Waals surface area (Å²) < 4.78 is 0. The fourth-order valence-corrected chi connectivity index (χ4v) is 4.64. The van der Waals surface area contributed by atoms with Crippen molar-refractivity contribution in [2.45, 2.75) is 38.6 Å². The molecule has 4 heterocycles. The molecule has 0 amide bonds. The van der Waals surface area contributed by atoms with E-state index in [4.69, 9.17) is 4.98 Å². The molecule has 0 unspecified atom stereocenters. The molecule has 2 aliphatic heterocycles. The van der Waals surface area contributed by atoms with Gasteiger partial charge in [0.15, 0.2) is 0 Å². The summed E-state index contributed by atoms with van der Waals surface area (Å²) in [6.45, 7) is 4.72. The van der Waals surface area contributed by atoms with Gasteiger partial charge in [-0.05, 0) is 56.5 Å². The molecule has 0 radical (unpaired) electrons. The normalized spacial score (nSPS) is 17.7. The van der Waals surface area contributed by atoms with Crippen molar-refractivity contribution in [3.05, 3.63) is 46.4 Å². The zero-order valence-electron chi connectivity index (χ0n) is 18.6. The van der Waals surface area contributed by atoms with Gasteiger partial charge in [0.25, 0.3) is 5.56 Å². The van der Waals surface area contributed by atoms with Gasteiger partial charge in [0.05, 0.1) is 12.3 Å². The zero-order valence-corrected chi connectivity index (χ0v) is 18.6. The predicted molar refractivity (Wildman–Crippen MR) is 127 cm³/mol. The number of piperidine rings is 2. The van der Waals surface area contributed by atoms with Gasteiger partial charge in [-0.1, -0.05) is 18.6 Å². The molecule has 2 aliphatic rings. The topological polar surface area (TPSA) is 114 Å². The molecule has 2 N–H and O–H groups in total. The highest BCUT2D eigenvalue weighted by atomic mass is 16.1. The van der Waals surface area contributed by atoms with Crippen molar-refractivity contribution in [2.24, 2.45) is 5.92 Å². The number of hydrogen-bond donors (Lipinski definition) is 2. The molecule has 0 aliphatic carbocycles. The third-order valence-corrected chi connectivity index (χ3v) is 6.54. The maximum atomic E-state index is 12.5. The Labute approximate surface area is 192 Å². The number of fused-ring (bicyclic) bond motifs is 1. The van der Waals surface area contributed by atoms with Gasteiger partial charge in [0, 0.05) is 31.2 Å². The van der Waals surface area contributed by atoms with E-state index >= 15 is 0 Å². The Balaban J connectivity index is 1.39. The Bertz CT molecular complexity index is 1200. The number of H-pyrrole nitrogens is 1. The van der Waals surface area contributed by atoms with E-state index in [1.807, 2.05) is 12.1 Å². The van der Waals surface area contributed by atoms with Crippen molar-refractivity contribution >= 4 is 28.4 Å². The molecule has 0 atom stereocenters. The first-order chi connectivity index (χ1) is 16.2. The maximum absolute atomic E-state index is 12.5. The summed E-state index contributed by atoms with van der Waals surface area (Å²) >= 11 is 0. The number of nitriles is 1. The summed E-state index contributed by atoms with van der Waals surface area (Å²) in [7, 11) is 0. The van der Waals surface area contributed by atoms with E-state index in [0.717, 1.165) is 38.2 Å². The van der Waals surface area contributed by atoms with Crippen molar-refractivity contribution in [1.82, 2.24) is 25.1 Å². The van der Waals surface area contributed by atoms with Gasteiger partial charge < -0.3 is 10.2 Å². The number of hydrogen-bond acceptors (Lipinski definition) is 8. The van der Waals surface area contributed by atoms with Crippen LogP contribution in [0.25, 0.3) is 10.9 Å². The van der Waals surface area contributed by atoms with Crippen LogP contribution < -0.4 is 15.8 Å². The quantitative estimate of drug-likeness (QED) is 0.617. The maximum Gasteiger partial charge on any atom is 0.277 e. The van der Waals surface area contributed by atoms with Crippen LogP contribution in [0.5, 0.6) is 0 Å². The molecule has 2 fully saturated rings. The Hall–Kier alpha value is -3.51. The standard InChI is InChI=1S/C24H28N8O/c25-14-17-8-12-32(13-9-17)24-28-20-15-26-30-23(33)21(20)22(29-24)27-19-6-4-18(5-7-19)16-31-10-2-1-3-11-31/h4-7,15,17H,1-3,8-13,16H2,(H,30,33)(H,27,28,29). The Kier molecular flexibility index (Phi) is 6.17.